The van der Waals surface area contributed by atoms with Crippen LogP contribution in [0.4, 0.5) is 5.00 Å². The summed E-state index contributed by atoms with van der Waals surface area (Å²) in [5, 5.41) is 19.3. The topological polar surface area (TPSA) is 66.5 Å². The molecular formula is C4H6BNO2S. The van der Waals surface area contributed by atoms with Crippen molar-refractivity contribution in [2.45, 2.75) is 0 Å². The van der Waals surface area contributed by atoms with E-state index in [2.05, 4.69) is 0 Å². The normalized spacial score (nSPS) is 9.56. The van der Waals surface area contributed by atoms with E-state index in [-0.39, 0.29) is 0 Å². The Morgan fingerprint density at radius 2 is 2.22 bits per heavy atom. The minimum atomic E-state index is -1.43. The first-order valence-electron chi connectivity index (χ1n) is 2.41. The Morgan fingerprint density at radius 1 is 1.56 bits per heavy atom. The Hall–Kier alpha value is -0.515. The summed E-state index contributed by atoms with van der Waals surface area (Å²) in [5.74, 6) is 0. The van der Waals surface area contributed by atoms with Crippen molar-refractivity contribution in [1.82, 2.24) is 0 Å². The quantitative estimate of drug-likeness (QED) is 0.442. The minimum Gasteiger partial charge on any atom is -0.423 e. The summed E-state index contributed by atoms with van der Waals surface area (Å²) >= 11 is 1.29. The predicted molar refractivity (Wildman–Crippen MR) is 38.6 cm³/mol. The van der Waals surface area contributed by atoms with E-state index in [1.807, 2.05) is 0 Å². The molecule has 5 heteroatoms. The average Bonchev–Trinajstić information content (AvgIpc) is 2.13. The van der Waals surface area contributed by atoms with E-state index in [1.165, 1.54) is 11.3 Å². The largest absolute Gasteiger partial charge is 0.491 e. The lowest BCUT2D eigenvalue weighted by Gasteiger charge is -1.93. The molecule has 1 rings (SSSR count). The van der Waals surface area contributed by atoms with Gasteiger partial charge in [-0.25, -0.2) is 0 Å². The van der Waals surface area contributed by atoms with Gasteiger partial charge in [0.1, 0.15) is 0 Å². The van der Waals surface area contributed by atoms with Crippen molar-refractivity contribution < 1.29 is 10.0 Å². The van der Waals surface area contributed by atoms with Gasteiger partial charge in [-0.05, 0) is 11.4 Å². The zero-order valence-electron chi connectivity index (χ0n) is 4.61. The zero-order valence-corrected chi connectivity index (χ0v) is 5.43. The van der Waals surface area contributed by atoms with Crippen LogP contribution in [-0.4, -0.2) is 17.2 Å². The van der Waals surface area contributed by atoms with Crippen molar-refractivity contribution in [2.24, 2.45) is 0 Å². The number of hydrogen-bond acceptors (Lipinski definition) is 4. The molecule has 0 amide bonds. The number of hydrogen-bond donors (Lipinski definition) is 3. The second kappa shape index (κ2) is 2.39. The van der Waals surface area contributed by atoms with Gasteiger partial charge in [-0.15, -0.1) is 11.3 Å². The molecule has 0 aromatic carbocycles. The van der Waals surface area contributed by atoms with Gasteiger partial charge in [-0.1, -0.05) is 0 Å². The molecule has 48 valence electrons. The van der Waals surface area contributed by atoms with E-state index in [0.29, 0.717) is 10.5 Å². The zero-order chi connectivity index (χ0) is 6.85. The molecule has 3 nitrogen and oxygen atoms in total. The molecule has 1 aromatic rings. The number of anilines is 1. The van der Waals surface area contributed by atoms with E-state index >= 15 is 0 Å². The minimum absolute atomic E-state index is 0.389. The Bertz CT molecular complexity index is 200. The van der Waals surface area contributed by atoms with Crippen molar-refractivity contribution in [3.05, 3.63) is 11.4 Å². The van der Waals surface area contributed by atoms with E-state index < -0.39 is 7.12 Å². The molecule has 1 aromatic heterocycles. The van der Waals surface area contributed by atoms with Crippen LogP contribution in [-0.2, 0) is 0 Å². The van der Waals surface area contributed by atoms with Crippen LogP contribution in [0.15, 0.2) is 11.4 Å². The van der Waals surface area contributed by atoms with Crippen molar-refractivity contribution in [1.29, 1.82) is 0 Å². The molecule has 0 radical (unpaired) electrons. The third-order valence-electron chi connectivity index (χ3n) is 1.01. The molecule has 0 saturated carbocycles. The lowest BCUT2D eigenvalue weighted by Crippen LogP contribution is -2.30. The summed E-state index contributed by atoms with van der Waals surface area (Å²) in [4.78, 5) is 0. The van der Waals surface area contributed by atoms with Crippen molar-refractivity contribution in [3.63, 3.8) is 0 Å². The Balaban J connectivity index is 2.94. The molecule has 0 atom stereocenters. The van der Waals surface area contributed by atoms with Crippen LogP contribution in [0.25, 0.3) is 0 Å². The maximum atomic E-state index is 8.58. The summed E-state index contributed by atoms with van der Waals surface area (Å²) in [5.41, 5.74) is 5.73. The molecule has 9 heavy (non-hydrogen) atoms. The van der Waals surface area contributed by atoms with Crippen molar-refractivity contribution in [2.75, 3.05) is 5.73 Å². The van der Waals surface area contributed by atoms with Crippen LogP contribution < -0.4 is 11.2 Å². The smallest absolute Gasteiger partial charge is 0.423 e. The lowest BCUT2D eigenvalue weighted by molar-refractivity contribution is 0.426. The van der Waals surface area contributed by atoms with E-state index in [4.69, 9.17) is 15.8 Å². The summed E-state index contributed by atoms with van der Waals surface area (Å²) in [6.07, 6.45) is 0. The first-order chi connectivity index (χ1) is 4.22. The van der Waals surface area contributed by atoms with Crippen LogP contribution in [0.5, 0.6) is 0 Å². The standard InChI is InChI=1S/C4H6BNO2S/c6-4-3(5(7)8)1-2-9-4/h1-2,7-8H,6H2. The molecule has 4 N–H and O–H groups in total. The van der Waals surface area contributed by atoms with Crippen LogP contribution in [0.2, 0.25) is 0 Å². The highest BCUT2D eigenvalue weighted by Gasteiger charge is 2.14. The third-order valence-corrected chi connectivity index (χ3v) is 1.77. The average molecular weight is 143 g/mol. The molecule has 0 fully saturated rings. The second-order valence-corrected chi connectivity index (χ2v) is 2.56. The van der Waals surface area contributed by atoms with Gasteiger partial charge in [0.25, 0.3) is 0 Å². The second-order valence-electron chi connectivity index (χ2n) is 1.61. The molecule has 0 aliphatic heterocycles. The number of nitrogen functional groups attached to an aromatic ring is 1. The molecule has 0 unspecified atom stereocenters. The summed E-state index contributed by atoms with van der Waals surface area (Å²) in [6, 6.07) is 1.59. The van der Waals surface area contributed by atoms with Gasteiger partial charge in [0.2, 0.25) is 0 Å². The predicted octanol–water partition coefficient (Wildman–Crippen LogP) is -0.990. The third kappa shape index (κ3) is 1.24. The van der Waals surface area contributed by atoms with Crippen molar-refractivity contribution in [3.8, 4) is 0 Å². The molecule has 0 spiro atoms. The summed E-state index contributed by atoms with van der Waals surface area (Å²) in [7, 11) is -1.43. The monoisotopic (exact) mass is 143 g/mol. The summed E-state index contributed by atoms with van der Waals surface area (Å²) in [6.45, 7) is 0. The first kappa shape index (κ1) is 6.60. The Kier molecular flexibility index (Phi) is 1.75. The lowest BCUT2D eigenvalue weighted by atomic mass is 9.82. The van der Waals surface area contributed by atoms with E-state index in [0.717, 1.165) is 0 Å². The highest BCUT2D eigenvalue weighted by atomic mass is 32.1. The summed E-state index contributed by atoms with van der Waals surface area (Å²) < 4.78 is 0. The molecule has 0 saturated heterocycles. The fourth-order valence-electron chi connectivity index (χ4n) is 0.544. The maximum absolute atomic E-state index is 8.58. The fourth-order valence-corrected chi connectivity index (χ4v) is 1.21. The number of nitrogens with two attached hydrogens (primary N) is 1. The Morgan fingerprint density at radius 3 is 2.44 bits per heavy atom. The Labute approximate surface area is 56.9 Å². The molecule has 0 bridgehead atoms. The fraction of sp³-hybridized carbons (Fsp3) is 0. The van der Waals surface area contributed by atoms with Gasteiger partial charge >= 0.3 is 7.12 Å². The molecular weight excluding hydrogens is 137 g/mol. The van der Waals surface area contributed by atoms with Crippen LogP contribution in [0.1, 0.15) is 0 Å². The van der Waals surface area contributed by atoms with Crippen LogP contribution in [0, 0.1) is 0 Å². The van der Waals surface area contributed by atoms with Gasteiger partial charge in [0.05, 0.1) is 5.00 Å². The number of thiophene rings is 1. The van der Waals surface area contributed by atoms with Crippen LogP contribution in [0.3, 0.4) is 0 Å². The van der Waals surface area contributed by atoms with E-state index in [1.54, 1.807) is 11.4 Å². The first-order valence-corrected chi connectivity index (χ1v) is 3.29. The van der Waals surface area contributed by atoms with Gasteiger partial charge in [-0.2, -0.15) is 0 Å². The SMILES string of the molecule is Nc1sccc1B(O)O. The highest BCUT2D eigenvalue weighted by molar-refractivity contribution is 7.15. The maximum Gasteiger partial charge on any atom is 0.491 e. The van der Waals surface area contributed by atoms with Crippen LogP contribution >= 0.6 is 11.3 Å². The highest BCUT2D eigenvalue weighted by Crippen LogP contribution is 2.07. The van der Waals surface area contributed by atoms with Gasteiger partial charge in [-0.3, -0.25) is 0 Å². The van der Waals surface area contributed by atoms with E-state index in [9.17, 15) is 0 Å². The molecule has 0 aliphatic carbocycles. The van der Waals surface area contributed by atoms with Crippen molar-refractivity contribution >= 4 is 28.9 Å². The van der Waals surface area contributed by atoms with Gasteiger partial charge in [0, 0.05) is 5.46 Å². The molecule has 1 heterocycles. The van der Waals surface area contributed by atoms with Gasteiger partial charge in [0.15, 0.2) is 0 Å². The number of rotatable bonds is 1. The molecule has 0 aliphatic rings. The van der Waals surface area contributed by atoms with Gasteiger partial charge < -0.3 is 15.8 Å².